The molecule has 0 saturated carbocycles. The number of nitrogens with zero attached hydrogens (tertiary/aromatic N) is 3. The SMILES string of the molecule is COc1ccc(-n2c(O)c(C(C)=NN=C(N)N)c(=O)[nH]c2=O)cc1. The number of rotatable bonds is 4. The van der Waals surface area contributed by atoms with Crippen LogP contribution >= 0.6 is 0 Å². The monoisotopic (exact) mass is 332 g/mol. The van der Waals surface area contributed by atoms with E-state index in [1.807, 2.05) is 0 Å². The molecule has 2 rings (SSSR count). The number of nitrogens with one attached hydrogen (secondary N) is 1. The molecular formula is C14H16N6O4. The molecule has 0 spiro atoms. The maximum Gasteiger partial charge on any atom is 0.335 e. The second-order valence-corrected chi connectivity index (χ2v) is 4.70. The van der Waals surface area contributed by atoms with Crippen LogP contribution in [0.1, 0.15) is 12.5 Å². The predicted octanol–water partition coefficient (Wildman–Crippen LogP) is -0.763. The van der Waals surface area contributed by atoms with Crippen molar-refractivity contribution in [3.05, 3.63) is 50.7 Å². The minimum Gasteiger partial charge on any atom is -0.497 e. The lowest BCUT2D eigenvalue weighted by Gasteiger charge is -2.11. The standard InChI is InChI=1S/C14H16N6O4/c1-7(18-19-13(15)16)10-11(21)17-14(23)20(12(10)22)8-3-5-9(24-2)6-4-8/h3-6,22H,1-2H3,(H4,15,16,19)(H,17,21,23). The molecular weight excluding hydrogens is 316 g/mol. The van der Waals surface area contributed by atoms with Crippen LogP contribution in [0.15, 0.2) is 44.1 Å². The van der Waals surface area contributed by atoms with Gasteiger partial charge in [0.15, 0.2) is 0 Å². The van der Waals surface area contributed by atoms with Crippen LogP contribution in [0.3, 0.4) is 0 Å². The Morgan fingerprint density at radius 1 is 1.21 bits per heavy atom. The smallest absolute Gasteiger partial charge is 0.335 e. The number of methoxy groups -OCH3 is 1. The molecule has 0 aliphatic heterocycles. The van der Waals surface area contributed by atoms with E-state index in [2.05, 4.69) is 15.2 Å². The van der Waals surface area contributed by atoms with E-state index in [0.717, 1.165) is 4.57 Å². The Kier molecular flexibility index (Phi) is 4.68. The number of aromatic amines is 1. The zero-order valence-electron chi connectivity index (χ0n) is 13.0. The molecule has 24 heavy (non-hydrogen) atoms. The summed E-state index contributed by atoms with van der Waals surface area (Å²) >= 11 is 0. The molecule has 1 heterocycles. The van der Waals surface area contributed by atoms with E-state index in [-0.39, 0.29) is 17.2 Å². The lowest BCUT2D eigenvalue weighted by atomic mass is 10.2. The fourth-order valence-corrected chi connectivity index (χ4v) is 2.00. The summed E-state index contributed by atoms with van der Waals surface area (Å²) in [4.78, 5) is 26.2. The molecule has 0 radical (unpaired) electrons. The quantitative estimate of drug-likeness (QED) is 0.327. The van der Waals surface area contributed by atoms with Crippen LogP contribution in [0.25, 0.3) is 5.69 Å². The summed E-state index contributed by atoms with van der Waals surface area (Å²) in [5, 5.41) is 17.5. The van der Waals surface area contributed by atoms with Gasteiger partial charge in [-0.25, -0.2) is 9.36 Å². The van der Waals surface area contributed by atoms with Gasteiger partial charge in [-0.3, -0.25) is 9.78 Å². The Labute approximate surface area is 135 Å². The molecule has 0 unspecified atom stereocenters. The lowest BCUT2D eigenvalue weighted by Crippen LogP contribution is -2.32. The van der Waals surface area contributed by atoms with Gasteiger partial charge < -0.3 is 21.3 Å². The van der Waals surface area contributed by atoms with Gasteiger partial charge in [0.1, 0.15) is 11.3 Å². The van der Waals surface area contributed by atoms with Crippen LogP contribution in [0.4, 0.5) is 0 Å². The van der Waals surface area contributed by atoms with E-state index in [1.165, 1.54) is 14.0 Å². The highest BCUT2D eigenvalue weighted by molar-refractivity contribution is 6.00. The van der Waals surface area contributed by atoms with Crippen LogP contribution in [-0.4, -0.2) is 33.4 Å². The molecule has 0 saturated heterocycles. The number of aromatic hydroxyl groups is 1. The average Bonchev–Trinajstić information content (AvgIpc) is 2.53. The number of aromatic nitrogens is 2. The van der Waals surface area contributed by atoms with E-state index >= 15 is 0 Å². The van der Waals surface area contributed by atoms with Gasteiger partial charge in [-0.1, -0.05) is 0 Å². The molecule has 10 nitrogen and oxygen atoms in total. The van der Waals surface area contributed by atoms with E-state index in [0.29, 0.717) is 11.4 Å². The zero-order chi connectivity index (χ0) is 17.9. The number of hydrogen-bond acceptors (Lipinski definition) is 6. The Bertz CT molecular complexity index is 920. The van der Waals surface area contributed by atoms with Crippen molar-refractivity contribution in [3.8, 4) is 17.3 Å². The first kappa shape index (κ1) is 16.8. The molecule has 126 valence electrons. The fourth-order valence-electron chi connectivity index (χ4n) is 2.00. The summed E-state index contributed by atoms with van der Waals surface area (Å²) in [7, 11) is 1.50. The Balaban J connectivity index is 2.68. The lowest BCUT2D eigenvalue weighted by molar-refractivity contribution is 0.414. The third kappa shape index (κ3) is 3.27. The first-order valence-corrected chi connectivity index (χ1v) is 6.71. The molecule has 1 aromatic carbocycles. The third-order valence-corrected chi connectivity index (χ3v) is 3.09. The van der Waals surface area contributed by atoms with Gasteiger partial charge in [0.05, 0.1) is 18.5 Å². The molecule has 6 N–H and O–H groups in total. The highest BCUT2D eigenvalue weighted by Gasteiger charge is 2.18. The molecule has 0 atom stereocenters. The van der Waals surface area contributed by atoms with Crippen molar-refractivity contribution in [2.45, 2.75) is 6.92 Å². The second-order valence-electron chi connectivity index (χ2n) is 4.70. The minimum absolute atomic E-state index is 0.0319. The molecule has 0 bridgehead atoms. The largest absolute Gasteiger partial charge is 0.497 e. The van der Waals surface area contributed by atoms with E-state index < -0.39 is 17.1 Å². The number of guanidine groups is 1. The molecule has 0 aliphatic rings. The maximum absolute atomic E-state index is 12.1. The Morgan fingerprint density at radius 3 is 2.38 bits per heavy atom. The maximum atomic E-state index is 12.1. The Hall–Kier alpha value is -3.56. The molecule has 2 aromatic rings. The van der Waals surface area contributed by atoms with Gasteiger partial charge in [-0.15, -0.1) is 5.10 Å². The normalized spacial score (nSPS) is 11.2. The summed E-state index contributed by atoms with van der Waals surface area (Å²) < 4.78 is 5.96. The summed E-state index contributed by atoms with van der Waals surface area (Å²) in [6.45, 7) is 1.42. The van der Waals surface area contributed by atoms with Gasteiger partial charge in [0.2, 0.25) is 11.8 Å². The Morgan fingerprint density at radius 2 is 1.83 bits per heavy atom. The van der Waals surface area contributed by atoms with Gasteiger partial charge >= 0.3 is 5.69 Å². The molecule has 0 aliphatic carbocycles. The van der Waals surface area contributed by atoms with Gasteiger partial charge in [-0.05, 0) is 31.2 Å². The number of hydrogen-bond donors (Lipinski definition) is 4. The van der Waals surface area contributed by atoms with Crippen LogP contribution in [-0.2, 0) is 0 Å². The van der Waals surface area contributed by atoms with Crippen molar-refractivity contribution < 1.29 is 9.84 Å². The molecule has 10 heteroatoms. The second kappa shape index (κ2) is 6.69. The summed E-state index contributed by atoms with van der Waals surface area (Å²) in [5.74, 6) is -0.323. The topological polar surface area (TPSA) is 161 Å². The number of ether oxygens (including phenoxy) is 1. The van der Waals surface area contributed by atoms with Crippen LogP contribution in [0.5, 0.6) is 11.6 Å². The highest BCUT2D eigenvalue weighted by Crippen LogP contribution is 2.19. The summed E-state index contributed by atoms with van der Waals surface area (Å²) in [6.07, 6.45) is 0. The van der Waals surface area contributed by atoms with Crippen molar-refractivity contribution >= 4 is 11.7 Å². The van der Waals surface area contributed by atoms with Crippen molar-refractivity contribution in [3.63, 3.8) is 0 Å². The van der Waals surface area contributed by atoms with E-state index in [4.69, 9.17) is 16.2 Å². The van der Waals surface area contributed by atoms with E-state index in [1.54, 1.807) is 24.3 Å². The van der Waals surface area contributed by atoms with Crippen molar-refractivity contribution in [1.82, 2.24) is 9.55 Å². The first-order chi connectivity index (χ1) is 11.3. The van der Waals surface area contributed by atoms with Gasteiger partial charge in [0, 0.05) is 0 Å². The number of nitrogens with two attached hydrogens (primary N) is 2. The van der Waals surface area contributed by atoms with Crippen molar-refractivity contribution in [1.29, 1.82) is 0 Å². The predicted molar refractivity (Wildman–Crippen MR) is 88.9 cm³/mol. The van der Waals surface area contributed by atoms with Crippen LogP contribution in [0, 0.1) is 0 Å². The zero-order valence-corrected chi connectivity index (χ0v) is 13.0. The first-order valence-electron chi connectivity index (χ1n) is 6.71. The highest BCUT2D eigenvalue weighted by atomic mass is 16.5. The van der Waals surface area contributed by atoms with Crippen molar-refractivity contribution in [2.75, 3.05) is 7.11 Å². The summed E-state index contributed by atoms with van der Waals surface area (Å²) in [5.41, 5.74) is 8.86. The van der Waals surface area contributed by atoms with Crippen LogP contribution < -0.4 is 27.5 Å². The molecule has 0 amide bonds. The molecule has 0 fully saturated rings. The van der Waals surface area contributed by atoms with Gasteiger partial charge in [0.25, 0.3) is 5.56 Å². The number of H-pyrrole nitrogens is 1. The fraction of sp³-hybridized carbons (Fsp3) is 0.143. The van der Waals surface area contributed by atoms with Crippen molar-refractivity contribution in [2.24, 2.45) is 21.7 Å². The van der Waals surface area contributed by atoms with E-state index in [9.17, 15) is 14.7 Å². The average molecular weight is 332 g/mol. The molecule has 1 aromatic heterocycles. The minimum atomic E-state index is -0.811. The number of benzene rings is 1. The third-order valence-electron chi connectivity index (χ3n) is 3.09. The van der Waals surface area contributed by atoms with Crippen LogP contribution in [0.2, 0.25) is 0 Å². The summed E-state index contributed by atoms with van der Waals surface area (Å²) in [6, 6.07) is 6.30. The van der Waals surface area contributed by atoms with Gasteiger partial charge in [-0.2, -0.15) is 5.10 Å².